The lowest BCUT2D eigenvalue weighted by molar-refractivity contribution is -0.158. The average Bonchev–Trinajstić information content (AvgIpc) is 3.30. The largest absolute Gasteiger partial charge is 0.487 e. The van der Waals surface area contributed by atoms with E-state index in [1.165, 1.54) is 25.5 Å². The third-order valence-electron chi connectivity index (χ3n) is 8.83. The number of carbonyl (C=O) groups is 1. The molecule has 2 aromatic rings. The molecule has 4 saturated carbocycles. The molecule has 1 aromatic carbocycles. The van der Waals surface area contributed by atoms with Gasteiger partial charge < -0.3 is 9.64 Å². The van der Waals surface area contributed by atoms with Crippen molar-refractivity contribution in [1.29, 1.82) is 0 Å². The summed E-state index contributed by atoms with van der Waals surface area (Å²) in [5.74, 6) is 3.90. The molecule has 188 valence electrons. The molecule has 0 N–H and O–H groups in total. The first kappa shape index (κ1) is 23.5. The van der Waals surface area contributed by atoms with Crippen molar-refractivity contribution < 1.29 is 17.9 Å². The first-order chi connectivity index (χ1) is 16.8. The van der Waals surface area contributed by atoms with Gasteiger partial charge in [-0.2, -0.15) is 0 Å². The van der Waals surface area contributed by atoms with E-state index in [2.05, 4.69) is 4.90 Å². The Labute approximate surface area is 212 Å². The van der Waals surface area contributed by atoms with Crippen molar-refractivity contribution in [1.82, 2.24) is 9.88 Å². The fourth-order valence-electron chi connectivity index (χ4n) is 7.55. The molecule has 6 nitrogen and oxygen atoms in total. The molecular formula is C27H34N2O4S2. The lowest BCUT2D eigenvalue weighted by atomic mass is 9.49. The molecule has 5 aliphatic rings. The summed E-state index contributed by atoms with van der Waals surface area (Å²) >= 11 is 1.68. The summed E-state index contributed by atoms with van der Waals surface area (Å²) in [4.78, 5) is 21.0. The number of hydrogen-bond donors (Lipinski definition) is 0. The number of sulfone groups is 1. The summed E-state index contributed by atoms with van der Waals surface area (Å²) in [5, 5.41) is 3.19. The van der Waals surface area contributed by atoms with E-state index in [-0.39, 0.29) is 10.3 Å². The number of carbonyl (C=O) groups excluding carboxylic acids is 1. The van der Waals surface area contributed by atoms with E-state index in [0.717, 1.165) is 73.6 Å². The number of rotatable bonds is 6. The number of benzene rings is 1. The Morgan fingerprint density at radius 2 is 1.66 bits per heavy atom. The molecule has 1 amide bonds. The number of ether oxygens (including phenoxy) is 1. The Morgan fingerprint density at radius 3 is 2.23 bits per heavy atom. The molecule has 1 saturated heterocycles. The minimum absolute atomic E-state index is 0.0349. The van der Waals surface area contributed by atoms with Crippen LogP contribution in [0.2, 0.25) is 0 Å². The van der Waals surface area contributed by atoms with Gasteiger partial charge in [0.05, 0.1) is 21.0 Å². The number of likely N-dealkylation sites (tertiary alicyclic amines) is 1. The van der Waals surface area contributed by atoms with Gasteiger partial charge in [-0.05, 0) is 93.4 Å². The molecule has 4 bridgehead atoms. The fraction of sp³-hybridized carbons (Fsp3) is 0.630. The molecule has 5 fully saturated rings. The van der Waals surface area contributed by atoms with Crippen LogP contribution in [0.4, 0.5) is 0 Å². The predicted octanol–water partition coefficient (Wildman–Crippen LogP) is 5.05. The zero-order valence-electron chi connectivity index (χ0n) is 20.3. The number of amides is 1. The number of thiazole rings is 1. The Morgan fingerprint density at radius 1 is 1.06 bits per heavy atom. The normalized spacial score (nSPS) is 30.5. The highest BCUT2D eigenvalue weighted by Crippen LogP contribution is 2.60. The highest BCUT2D eigenvalue weighted by Gasteiger charge is 2.55. The topological polar surface area (TPSA) is 76.6 Å². The van der Waals surface area contributed by atoms with Crippen molar-refractivity contribution in [2.75, 3.05) is 19.3 Å². The van der Waals surface area contributed by atoms with Gasteiger partial charge in [0.25, 0.3) is 0 Å². The molecule has 2 heterocycles. The molecule has 1 aliphatic heterocycles. The molecular weight excluding hydrogens is 480 g/mol. The molecule has 8 heteroatoms. The van der Waals surface area contributed by atoms with Crippen molar-refractivity contribution in [3.63, 3.8) is 0 Å². The monoisotopic (exact) mass is 514 g/mol. The standard InChI is InChI=1S/C27H34N2O4S2/c1-35(31,32)24-4-2-23(3-5-24)33-16-22-17-34-25(28-22)21-6-8-29(9-7-21)26(30)27-13-18-10-19(14-27)12-20(11-18)15-27/h2-5,17-21H,6-16H2,1H3. The SMILES string of the molecule is CS(=O)(=O)c1ccc(OCc2csc(C3CCN(C(=O)C45CC6CC(CC(C6)C4)C5)CC3)n2)cc1. The summed E-state index contributed by atoms with van der Waals surface area (Å²) < 4.78 is 29.0. The molecule has 0 unspecified atom stereocenters. The van der Waals surface area contributed by atoms with Crippen molar-refractivity contribution in [2.24, 2.45) is 23.2 Å². The van der Waals surface area contributed by atoms with Gasteiger partial charge in [0.1, 0.15) is 12.4 Å². The third-order valence-corrected chi connectivity index (χ3v) is 11.0. The molecule has 1 aromatic heterocycles. The van der Waals surface area contributed by atoms with E-state index < -0.39 is 9.84 Å². The Hall–Kier alpha value is -1.93. The highest BCUT2D eigenvalue weighted by molar-refractivity contribution is 7.90. The maximum absolute atomic E-state index is 13.7. The van der Waals surface area contributed by atoms with E-state index in [0.29, 0.717) is 24.2 Å². The number of hydrogen-bond acceptors (Lipinski definition) is 6. The smallest absolute Gasteiger partial charge is 0.228 e. The Kier molecular flexibility index (Phi) is 5.95. The quantitative estimate of drug-likeness (QED) is 0.539. The minimum Gasteiger partial charge on any atom is -0.487 e. The lowest BCUT2D eigenvalue weighted by Crippen LogP contribution is -2.55. The van der Waals surface area contributed by atoms with Crippen LogP contribution >= 0.6 is 11.3 Å². The lowest BCUT2D eigenvalue weighted by Gasteiger charge is -2.57. The summed E-state index contributed by atoms with van der Waals surface area (Å²) in [7, 11) is -3.21. The second-order valence-electron chi connectivity index (χ2n) is 11.5. The van der Waals surface area contributed by atoms with Gasteiger partial charge in [-0.25, -0.2) is 13.4 Å². The number of aromatic nitrogens is 1. The van der Waals surface area contributed by atoms with E-state index in [1.807, 2.05) is 5.38 Å². The van der Waals surface area contributed by atoms with Crippen LogP contribution in [0.15, 0.2) is 34.5 Å². The summed E-state index contributed by atoms with van der Waals surface area (Å²) in [6.45, 7) is 2.06. The predicted molar refractivity (Wildman–Crippen MR) is 135 cm³/mol. The minimum atomic E-state index is -3.21. The van der Waals surface area contributed by atoms with Crippen LogP contribution in [0.1, 0.15) is 68.0 Å². The van der Waals surface area contributed by atoms with Crippen molar-refractivity contribution in [3.05, 3.63) is 40.3 Å². The molecule has 0 spiro atoms. The maximum atomic E-state index is 13.7. The molecule has 35 heavy (non-hydrogen) atoms. The van der Waals surface area contributed by atoms with Crippen molar-refractivity contribution >= 4 is 27.1 Å². The summed E-state index contributed by atoms with van der Waals surface area (Å²) in [5.41, 5.74) is 0.858. The maximum Gasteiger partial charge on any atom is 0.228 e. The van der Waals surface area contributed by atoms with E-state index in [1.54, 1.807) is 35.6 Å². The fourth-order valence-corrected chi connectivity index (χ4v) is 9.16. The molecule has 4 aliphatic carbocycles. The number of piperidine rings is 1. The van der Waals surface area contributed by atoms with Gasteiger partial charge in [-0.1, -0.05) is 0 Å². The van der Waals surface area contributed by atoms with Gasteiger partial charge in [-0.15, -0.1) is 11.3 Å². The van der Waals surface area contributed by atoms with Crippen LogP contribution in [0.25, 0.3) is 0 Å². The van der Waals surface area contributed by atoms with Crippen LogP contribution < -0.4 is 4.74 Å². The number of nitrogens with zero attached hydrogens (tertiary/aromatic N) is 2. The van der Waals surface area contributed by atoms with Crippen LogP contribution in [-0.4, -0.2) is 43.6 Å². The van der Waals surface area contributed by atoms with Gasteiger partial charge >= 0.3 is 0 Å². The zero-order chi connectivity index (χ0) is 24.2. The Bertz CT molecular complexity index is 1160. The van der Waals surface area contributed by atoms with E-state index >= 15 is 0 Å². The van der Waals surface area contributed by atoms with Crippen molar-refractivity contribution in [2.45, 2.75) is 68.8 Å². The molecule has 0 radical (unpaired) electrons. The first-order valence-electron chi connectivity index (χ1n) is 12.9. The van der Waals surface area contributed by atoms with Crippen molar-refractivity contribution in [3.8, 4) is 5.75 Å². The first-order valence-corrected chi connectivity index (χ1v) is 15.7. The third kappa shape index (κ3) is 4.64. The summed E-state index contributed by atoms with van der Waals surface area (Å²) in [6.07, 6.45) is 10.7. The van der Waals surface area contributed by atoms with E-state index in [4.69, 9.17) is 9.72 Å². The highest BCUT2D eigenvalue weighted by atomic mass is 32.2. The van der Waals surface area contributed by atoms with Gasteiger partial charge in [0.2, 0.25) is 5.91 Å². The van der Waals surface area contributed by atoms with Crippen LogP contribution in [0.3, 0.4) is 0 Å². The van der Waals surface area contributed by atoms with Gasteiger partial charge in [-0.3, -0.25) is 4.79 Å². The van der Waals surface area contributed by atoms with Gasteiger partial charge in [0.15, 0.2) is 9.84 Å². The average molecular weight is 515 g/mol. The van der Waals surface area contributed by atoms with Crippen LogP contribution in [0, 0.1) is 23.2 Å². The molecule has 0 atom stereocenters. The van der Waals surface area contributed by atoms with Crippen LogP contribution in [0.5, 0.6) is 5.75 Å². The zero-order valence-corrected chi connectivity index (χ0v) is 22.0. The van der Waals surface area contributed by atoms with Crippen LogP contribution in [-0.2, 0) is 21.2 Å². The van der Waals surface area contributed by atoms with E-state index in [9.17, 15) is 13.2 Å². The molecule has 7 rings (SSSR count). The van der Waals surface area contributed by atoms with Gasteiger partial charge in [0, 0.05) is 30.6 Å². The summed E-state index contributed by atoms with van der Waals surface area (Å²) in [6, 6.07) is 6.49. The second kappa shape index (κ2) is 8.87. The Balaban J connectivity index is 1.03. The second-order valence-corrected chi connectivity index (χ2v) is 14.4.